The summed E-state index contributed by atoms with van der Waals surface area (Å²) in [6.07, 6.45) is 13.5. The van der Waals surface area contributed by atoms with Crippen LogP contribution in [0.4, 0.5) is 0 Å². The molecular weight excluding hydrogens is 256 g/mol. The van der Waals surface area contributed by atoms with Crippen LogP contribution in [0.5, 0.6) is 0 Å². The van der Waals surface area contributed by atoms with Gasteiger partial charge < -0.3 is 10.2 Å². The second kappa shape index (κ2) is 12.7. The molecule has 0 aromatic heterocycles. The van der Waals surface area contributed by atoms with Crippen LogP contribution in [0.2, 0.25) is 0 Å². The van der Waals surface area contributed by atoms with Crippen LogP contribution in [0.15, 0.2) is 12.2 Å². The average molecular weight is 284 g/mol. The van der Waals surface area contributed by atoms with Crippen molar-refractivity contribution in [2.24, 2.45) is 5.92 Å². The molecule has 4 nitrogen and oxygen atoms in total. The Bertz CT molecular complexity index is 297. The Morgan fingerprint density at radius 2 is 1.55 bits per heavy atom. The summed E-state index contributed by atoms with van der Waals surface area (Å²) in [5.41, 5.74) is 0. The van der Waals surface area contributed by atoms with Crippen molar-refractivity contribution in [3.8, 4) is 0 Å². The Hall–Kier alpha value is -1.32. The third-order valence-corrected chi connectivity index (χ3v) is 3.33. The van der Waals surface area contributed by atoms with Gasteiger partial charge in [-0.3, -0.25) is 9.59 Å². The van der Waals surface area contributed by atoms with E-state index in [4.69, 9.17) is 10.2 Å². The van der Waals surface area contributed by atoms with Crippen molar-refractivity contribution in [3.05, 3.63) is 12.2 Å². The topological polar surface area (TPSA) is 74.6 Å². The lowest BCUT2D eigenvalue weighted by atomic mass is 10.0. The molecule has 0 bridgehead atoms. The van der Waals surface area contributed by atoms with Gasteiger partial charge in [-0.1, -0.05) is 57.6 Å². The molecule has 0 aromatic rings. The van der Waals surface area contributed by atoms with E-state index < -0.39 is 17.9 Å². The number of carboxylic acid groups (broad SMARTS) is 2. The first-order valence-corrected chi connectivity index (χ1v) is 7.67. The number of rotatable bonds is 13. The zero-order chi connectivity index (χ0) is 15.2. The SMILES string of the molecule is CCCCCCCCC/C=C/C[C@@H](CC(=O)O)C(=O)O. The molecule has 0 aliphatic rings. The van der Waals surface area contributed by atoms with Gasteiger partial charge in [-0.15, -0.1) is 0 Å². The highest BCUT2D eigenvalue weighted by molar-refractivity contribution is 5.77. The van der Waals surface area contributed by atoms with E-state index in [1.54, 1.807) is 6.08 Å². The van der Waals surface area contributed by atoms with Crippen molar-refractivity contribution in [2.45, 2.75) is 71.1 Å². The fourth-order valence-corrected chi connectivity index (χ4v) is 2.08. The Labute approximate surface area is 121 Å². The van der Waals surface area contributed by atoms with Crippen molar-refractivity contribution in [1.29, 1.82) is 0 Å². The molecule has 0 aliphatic carbocycles. The summed E-state index contributed by atoms with van der Waals surface area (Å²) in [6.45, 7) is 2.21. The maximum atomic E-state index is 10.8. The van der Waals surface area contributed by atoms with E-state index in [1.165, 1.54) is 38.5 Å². The lowest BCUT2D eigenvalue weighted by molar-refractivity contribution is -0.148. The van der Waals surface area contributed by atoms with Crippen LogP contribution < -0.4 is 0 Å². The molecule has 0 amide bonds. The van der Waals surface area contributed by atoms with Crippen LogP contribution in [-0.4, -0.2) is 22.2 Å². The molecule has 2 N–H and O–H groups in total. The third kappa shape index (κ3) is 11.8. The van der Waals surface area contributed by atoms with Gasteiger partial charge in [0.25, 0.3) is 0 Å². The van der Waals surface area contributed by atoms with Gasteiger partial charge in [0.15, 0.2) is 0 Å². The standard InChI is InChI=1S/C16H28O4/c1-2-3-4-5-6-7-8-9-10-11-12-14(16(19)20)13-15(17)18/h10-11,14H,2-9,12-13H2,1H3,(H,17,18)(H,19,20)/b11-10+/t14-/m0/s1. The molecular formula is C16H28O4. The van der Waals surface area contributed by atoms with E-state index in [1.807, 2.05) is 6.08 Å². The fraction of sp³-hybridized carbons (Fsp3) is 0.750. The summed E-state index contributed by atoms with van der Waals surface area (Å²) in [7, 11) is 0. The molecule has 0 spiro atoms. The lowest BCUT2D eigenvalue weighted by Crippen LogP contribution is -2.16. The van der Waals surface area contributed by atoms with Gasteiger partial charge in [0.2, 0.25) is 0 Å². The predicted molar refractivity (Wildman–Crippen MR) is 79.7 cm³/mol. The number of allylic oxidation sites excluding steroid dienone is 2. The highest BCUT2D eigenvalue weighted by atomic mass is 16.4. The van der Waals surface area contributed by atoms with Gasteiger partial charge in [0, 0.05) is 0 Å². The van der Waals surface area contributed by atoms with Crippen molar-refractivity contribution in [1.82, 2.24) is 0 Å². The van der Waals surface area contributed by atoms with Gasteiger partial charge in [0.1, 0.15) is 0 Å². The first-order chi connectivity index (χ1) is 9.57. The van der Waals surface area contributed by atoms with E-state index in [0.29, 0.717) is 6.42 Å². The molecule has 1 atom stereocenters. The molecule has 0 aliphatic heterocycles. The number of unbranched alkanes of at least 4 members (excludes halogenated alkanes) is 7. The summed E-state index contributed by atoms with van der Waals surface area (Å²) in [5, 5.41) is 17.5. The molecule has 0 radical (unpaired) electrons. The van der Waals surface area contributed by atoms with Gasteiger partial charge in [-0.25, -0.2) is 0 Å². The Morgan fingerprint density at radius 3 is 2.10 bits per heavy atom. The van der Waals surface area contributed by atoms with Crippen LogP contribution >= 0.6 is 0 Å². The first-order valence-electron chi connectivity index (χ1n) is 7.67. The van der Waals surface area contributed by atoms with E-state index >= 15 is 0 Å². The molecule has 0 saturated carbocycles. The number of carboxylic acids is 2. The van der Waals surface area contributed by atoms with E-state index in [-0.39, 0.29) is 6.42 Å². The maximum absolute atomic E-state index is 10.8. The minimum atomic E-state index is -1.06. The smallest absolute Gasteiger partial charge is 0.307 e. The molecule has 0 aromatic carbocycles. The minimum absolute atomic E-state index is 0.304. The Kier molecular flexibility index (Phi) is 11.9. The van der Waals surface area contributed by atoms with Crippen LogP contribution in [0.3, 0.4) is 0 Å². The zero-order valence-corrected chi connectivity index (χ0v) is 12.5. The molecule has 20 heavy (non-hydrogen) atoms. The first kappa shape index (κ1) is 18.7. The molecule has 0 rings (SSSR count). The van der Waals surface area contributed by atoms with Crippen LogP contribution in [0.25, 0.3) is 0 Å². The van der Waals surface area contributed by atoms with Crippen molar-refractivity contribution < 1.29 is 19.8 Å². The zero-order valence-electron chi connectivity index (χ0n) is 12.5. The van der Waals surface area contributed by atoms with Gasteiger partial charge >= 0.3 is 11.9 Å². The number of hydrogen-bond acceptors (Lipinski definition) is 2. The quantitative estimate of drug-likeness (QED) is 0.391. The normalized spacial score (nSPS) is 12.7. The number of carbonyl (C=O) groups is 2. The second-order valence-corrected chi connectivity index (χ2v) is 5.25. The van der Waals surface area contributed by atoms with Gasteiger partial charge in [0.05, 0.1) is 12.3 Å². The largest absolute Gasteiger partial charge is 0.481 e. The van der Waals surface area contributed by atoms with Crippen LogP contribution in [0, 0.1) is 5.92 Å². The molecule has 4 heteroatoms. The molecule has 0 fully saturated rings. The van der Waals surface area contributed by atoms with E-state index in [9.17, 15) is 9.59 Å². The summed E-state index contributed by atoms with van der Waals surface area (Å²) in [4.78, 5) is 21.3. The van der Waals surface area contributed by atoms with Crippen molar-refractivity contribution in [3.63, 3.8) is 0 Å². The van der Waals surface area contributed by atoms with Gasteiger partial charge in [-0.05, 0) is 19.3 Å². The van der Waals surface area contributed by atoms with E-state index in [2.05, 4.69) is 6.92 Å². The summed E-state index contributed by atoms with van der Waals surface area (Å²) >= 11 is 0. The Balaban J connectivity index is 3.58. The summed E-state index contributed by atoms with van der Waals surface area (Å²) in [5.74, 6) is -2.90. The molecule has 0 heterocycles. The predicted octanol–water partition coefficient (Wildman–Crippen LogP) is 4.25. The molecule has 0 saturated heterocycles. The fourth-order valence-electron chi connectivity index (χ4n) is 2.08. The summed E-state index contributed by atoms with van der Waals surface area (Å²) in [6, 6.07) is 0. The van der Waals surface area contributed by atoms with E-state index in [0.717, 1.165) is 12.8 Å². The van der Waals surface area contributed by atoms with Crippen molar-refractivity contribution >= 4 is 11.9 Å². The average Bonchev–Trinajstić information content (AvgIpc) is 2.39. The lowest BCUT2D eigenvalue weighted by Gasteiger charge is -2.05. The van der Waals surface area contributed by atoms with Crippen LogP contribution in [-0.2, 0) is 9.59 Å². The number of hydrogen-bond donors (Lipinski definition) is 2. The highest BCUT2D eigenvalue weighted by Gasteiger charge is 2.18. The van der Waals surface area contributed by atoms with Crippen LogP contribution in [0.1, 0.15) is 71.1 Å². The minimum Gasteiger partial charge on any atom is -0.481 e. The molecule has 0 unspecified atom stereocenters. The molecule has 116 valence electrons. The van der Waals surface area contributed by atoms with Crippen molar-refractivity contribution in [2.75, 3.05) is 0 Å². The Morgan fingerprint density at radius 1 is 0.950 bits per heavy atom. The highest BCUT2D eigenvalue weighted by Crippen LogP contribution is 2.12. The maximum Gasteiger partial charge on any atom is 0.307 e. The van der Waals surface area contributed by atoms with Gasteiger partial charge in [-0.2, -0.15) is 0 Å². The monoisotopic (exact) mass is 284 g/mol. The third-order valence-electron chi connectivity index (χ3n) is 3.33. The number of aliphatic carboxylic acids is 2. The summed E-state index contributed by atoms with van der Waals surface area (Å²) < 4.78 is 0. The second-order valence-electron chi connectivity index (χ2n) is 5.25.